The topological polar surface area (TPSA) is 90.3 Å². The van der Waals surface area contributed by atoms with Crippen LogP contribution in [0.4, 0.5) is 11.6 Å². The molecule has 1 unspecified atom stereocenters. The van der Waals surface area contributed by atoms with E-state index in [2.05, 4.69) is 26.6 Å². The number of ether oxygens (including phenoxy) is 2. The minimum Gasteiger partial charge on any atom is -0.490 e. The maximum atomic E-state index is 14.2. The van der Waals surface area contributed by atoms with Crippen molar-refractivity contribution in [2.75, 3.05) is 17.2 Å². The van der Waals surface area contributed by atoms with Crippen molar-refractivity contribution >= 4 is 56.8 Å². The third-order valence-electron chi connectivity index (χ3n) is 7.90. The molecule has 1 atom stereocenters. The van der Waals surface area contributed by atoms with Gasteiger partial charge < -0.3 is 20.1 Å². The van der Waals surface area contributed by atoms with E-state index in [1.54, 1.807) is 4.68 Å². The van der Waals surface area contributed by atoms with Gasteiger partial charge in [-0.3, -0.25) is 4.79 Å². The van der Waals surface area contributed by atoms with Crippen molar-refractivity contribution in [1.82, 2.24) is 14.8 Å². The van der Waals surface area contributed by atoms with Crippen LogP contribution in [-0.4, -0.2) is 27.3 Å². The molecule has 1 aromatic heterocycles. The van der Waals surface area contributed by atoms with Gasteiger partial charge in [-0.25, -0.2) is 4.68 Å². The number of anilines is 2. The molecule has 1 aliphatic rings. The summed E-state index contributed by atoms with van der Waals surface area (Å²) in [4.78, 5) is 19.0. The van der Waals surface area contributed by atoms with E-state index in [0.717, 1.165) is 33.5 Å². The first-order valence-corrected chi connectivity index (χ1v) is 17.7. The highest BCUT2D eigenvalue weighted by molar-refractivity contribution is 9.10. The Labute approximate surface area is 298 Å². The molecule has 5 aromatic rings. The molecule has 0 saturated heterocycles. The lowest BCUT2D eigenvalue weighted by atomic mass is 9.94. The molecule has 1 aliphatic heterocycles. The molecule has 246 valence electrons. The van der Waals surface area contributed by atoms with E-state index in [1.807, 2.05) is 113 Å². The molecule has 1 amide bonds. The van der Waals surface area contributed by atoms with Crippen LogP contribution in [0.1, 0.15) is 47.7 Å². The maximum absolute atomic E-state index is 14.2. The van der Waals surface area contributed by atoms with E-state index in [1.165, 1.54) is 11.8 Å². The standard InChI is InChI=1S/C37H35BrClN5O3S/c1-5-46-31-19-27(18-28(38)34(31)47-20-25-11-7-6-8-12-25)33-32(35(45)41-30-16-15-22(2)17-23(30)3)24(4)40-36-42-37(43-44(33)36)48-21-26-13-9-10-14-29(26)39/h6-19,33H,5,20-21H2,1-4H3,(H,41,45)(H,40,42,43). The predicted octanol–water partition coefficient (Wildman–Crippen LogP) is 9.51. The SMILES string of the molecule is CCOc1cc(C2C(C(=O)Nc3ccc(C)cc3C)=C(C)Nc3nc(SCc4ccccc4Cl)nn32)cc(Br)c1OCc1ccccc1. The van der Waals surface area contributed by atoms with Crippen molar-refractivity contribution in [2.45, 2.75) is 51.3 Å². The third-order valence-corrected chi connectivity index (χ3v) is 9.74. The van der Waals surface area contributed by atoms with Gasteiger partial charge in [0.2, 0.25) is 11.1 Å². The van der Waals surface area contributed by atoms with Crippen LogP contribution in [0.5, 0.6) is 11.5 Å². The molecule has 0 radical (unpaired) electrons. The fourth-order valence-electron chi connectivity index (χ4n) is 5.57. The molecule has 11 heteroatoms. The minimum atomic E-state index is -0.632. The number of carbonyl (C=O) groups is 1. The van der Waals surface area contributed by atoms with Gasteiger partial charge in [0.1, 0.15) is 12.6 Å². The quantitative estimate of drug-likeness (QED) is 0.130. The number of thioether (sulfide) groups is 1. The average Bonchev–Trinajstić information content (AvgIpc) is 3.47. The molecule has 0 aliphatic carbocycles. The number of halogens is 2. The Morgan fingerprint density at radius 1 is 1.02 bits per heavy atom. The van der Waals surface area contributed by atoms with Crippen LogP contribution < -0.4 is 20.1 Å². The molecule has 2 N–H and O–H groups in total. The summed E-state index contributed by atoms with van der Waals surface area (Å²) in [5, 5.41) is 12.6. The van der Waals surface area contributed by atoms with Gasteiger partial charge in [0.05, 0.1) is 16.7 Å². The minimum absolute atomic E-state index is 0.248. The number of carbonyl (C=O) groups excluding carboxylic acids is 1. The van der Waals surface area contributed by atoms with Crippen molar-refractivity contribution in [3.05, 3.63) is 134 Å². The molecule has 0 bridgehead atoms. The Kier molecular flexibility index (Phi) is 10.4. The van der Waals surface area contributed by atoms with E-state index in [-0.39, 0.29) is 5.91 Å². The second-order valence-electron chi connectivity index (χ2n) is 11.4. The third kappa shape index (κ3) is 7.41. The zero-order chi connectivity index (χ0) is 33.8. The normalized spacial score (nSPS) is 13.9. The van der Waals surface area contributed by atoms with Gasteiger partial charge >= 0.3 is 0 Å². The van der Waals surface area contributed by atoms with Crippen LogP contribution >= 0.6 is 39.3 Å². The summed E-state index contributed by atoms with van der Waals surface area (Å²) in [6, 6.07) is 26.9. The second kappa shape index (κ2) is 14.9. The summed E-state index contributed by atoms with van der Waals surface area (Å²) < 4.78 is 14.9. The summed E-state index contributed by atoms with van der Waals surface area (Å²) in [7, 11) is 0. The lowest BCUT2D eigenvalue weighted by molar-refractivity contribution is -0.113. The number of benzene rings is 4. The molecule has 0 spiro atoms. The van der Waals surface area contributed by atoms with Gasteiger partial charge in [0.15, 0.2) is 11.5 Å². The first kappa shape index (κ1) is 33.6. The summed E-state index contributed by atoms with van der Waals surface area (Å²) in [5.74, 6) is 2.00. The first-order chi connectivity index (χ1) is 23.2. The van der Waals surface area contributed by atoms with Gasteiger partial charge in [-0.2, -0.15) is 4.98 Å². The predicted molar refractivity (Wildman–Crippen MR) is 196 cm³/mol. The Morgan fingerprint density at radius 3 is 2.54 bits per heavy atom. The van der Waals surface area contributed by atoms with Crippen LogP contribution in [0, 0.1) is 13.8 Å². The van der Waals surface area contributed by atoms with E-state index in [0.29, 0.717) is 62.3 Å². The van der Waals surface area contributed by atoms with Crippen LogP contribution in [0.2, 0.25) is 5.02 Å². The first-order valence-electron chi connectivity index (χ1n) is 15.5. The lowest BCUT2D eigenvalue weighted by Crippen LogP contribution is -2.31. The highest BCUT2D eigenvalue weighted by Crippen LogP contribution is 2.44. The molecule has 6 rings (SSSR count). The van der Waals surface area contributed by atoms with Crippen molar-refractivity contribution in [2.24, 2.45) is 0 Å². The summed E-state index contributed by atoms with van der Waals surface area (Å²) in [6.45, 7) is 8.62. The Morgan fingerprint density at radius 2 is 1.79 bits per heavy atom. The van der Waals surface area contributed by atoms with Crippen molar-refractivity contribution in [3.63, 3.8) is 0 Å². The Balaban J connectivity index is 1.40. The number of nitrogens with one attached hydrogen (secondary N) is 2. The van der Waals surface area contributed by atoms with Crippen molar-refractivity contribution < 1.29 is 14.3 Å². The molecule has 48 heavy (non-hydrogen) atoms. The van der Waals surface area contributed by atoms with Crippen molar-refractivity contribution in [3.8, 4) is 11.5 Å². The summed E-state index contributed by atoms with van der Waals surface area (Å²) in [6.07, 6.45) is 0. The van der Waals surface area contributed by atoms with Crippen LogP contribution in [0.15, 0.2) is 106 Å². The number of hydrogen-bond donors (Lipinski definition) is 2. The number of amides is 1. The fourth-order valence-corrected chi connectivity index (χ4v) is 7.26. The van der Waals surface area contributed by atoms with Gasteiger partial charge in [0.25, 0.3) is 5.91 Å². The Hall–Kier alpha value is -4.25. The van der Waals surface area contributed by atoms with Crippen LogP contribution in [0.3, 0.4) is 0 Å². The van der Waals surface area contributed by atoms with Crippen molar-refractivity contribution in [1.29, 1.82) is 0 Å². The maximum Gasteiger partial charge on any atom is 0.255 e. The molecule has 2 heterocycles. The number of rotatable bonds is 11. The molecular formula is C37H35BrClN5O3S. The summed E-state index contributed by atoms with van der Waals surface area (Å²) in [5.41, 5.74) is 6.81. The molecule has 0 fully saturated rings. The van der Waals surface area contributed by atoms with Crippen LogP contribution in [-0.2, 0) is 17.2 Å². The fraction of sp³-hybridized carbons (Fsp3) is 0.216. The smallest absolute Gasteiger partial charge is 0.255 e. The number of aryl methyl sites for hydroxylation is 2. The highest BCUT2D eigenvalue weighted by Gasteiger charge is 2.36. The molecule has 0 saturated carbocycles. The van der Waals surface area contributed by atoms with Gasteiger partial charge in [-0.1, -0.05) is 89.6 Å². The van der Waals surface area contributed by atoms with Gasteiger partial charge in [0, 0.05) is 22.2 Å². The van der Waals surface area contributed by atoms with E-state index in [4.69, 9.17) is 31.2 Å². The molecular weight excluding hydrogens is 710 g/mol. The van der Waals surface area contributed by atoms with Gasteiger partial charge in [-0.05, 0) is 90.1 Å². The Bertz CT molecular complexity index is 2000. The van der Waals surface area contributed by atoms with Gasteiger partial charge in [-0.15, -0.1) is 5.10 Å². The largest absolute Gasteiger partial charge is 0.490 e. The number of fused-ring (bicyclic) bond motifs is 1. The zero-order valence-corrected chi connectivity index (χ0v) is 30.2. The lowest BCUT2D eigenvalue weighted by Gasteiger charge is -2.29. The number of nitrogens with zero attached hydrogens (tertiary/aromatic N) is 3. The zero-order valence-electron chi connectivity index (χ0n) is 27.0. The van der Waals surface area contributed by atoms with Crippen LogP contribution in [0.25, 0.3) is 0 Å². The number of aromatic nitrogens is 3. The van der Waals surface area contributed by atoms with E-state index in [9.17, 15) is 4.79 Å². The average molecular weight is 745 g/mol. The van der Waals surface area contributed by atoms with E-state index >= 15 is 0 Å². The highest BCUT2D eigenvalue weighted by atomic mass is 79.9. The number of hydrogen-bond acceptors (Lipinski definition) is 7. The molecule has 8 nitrogen and oxygen atoms in total. The molecule has 4 aromatic carbocycles. The summed E-state index contributed by atoms with van der Waals surface area (Å²) >= 11 is 11.7. The monoisotopic (exact) mass is 743 g/mol. The number of allylic oxidation sites excluding steroid dienone is 1. The second-order valence-corrected chi connectivity index (χ2v) is 13.6. The van der Waals surface area contributed by atoms with E-state index < -0.39 is 6.04 Å².